The minimum absolute atomic E-state index is 0.00607. The average Bonchev–Trinajstić information content (AvgIpc) is 3.49. The van der Waals surface area contributed by atoms with Crippen molar-refractivity contribution in [2.45, 2.75) is 52.1 Å². The molecule has 4 rings (SSSR count). The van der Waals surface area contributed by atoms with Crippen LogP contribution in [0.2, 0.25) is 0 Å². The van der Waals surface area contributed by atoms with Crippen LogP contribution in [-0.2, 0) is 27.4 Å². The lowest BCUT2D eigenvalue weighted by Gasteiger charge is -2.31. The average molecular weight is 471 g/mol. The molecule has 1 aliphatic carbocycles. The Labute approximate surface area is 200 Å². The monoisotopic (exact) mass is 470 g/mol. The molecule has 2 amide bonds. The quantitative estimate of drug-likeness (QED) is 0.524. The zero-order valence-corrected chi connectivity index (χ0v) is 20.1. The van der Waals surface area contributed by atoms with E-state index >= 15 is 0 Å². The Kier molecular flexibility index (Phi) is 8.11. The van der Waals surface area contributed by atoms with E-state index in [1.165, 1.54) is 6.42 Å². The summed E-state index contributed by atoms with van der Waals surface area (Å²) in [6.07, 6.45) is 5.09. The molecule has 8 heteroatoms. The molecule has 0 radical (unpaired) electrons. The van der Waals surface area contributed by atoms with Gasteiger partial charge in [0.1, 0.15) is 11.5 Å². The summed E-state index contributed by atoms with van der Waals surface area (Å²) < 4.78 is 21.9. The van der Waals surface area contributed by atoms with Crippen LogP contribution in [0.4, 0.5) is 0 Å². The normalized spacial score (nSPS) is 15.4. The summed E-state index contributed by atoms with van der Waals surface area (Å²) in [5.74, 6) is 2.79. The summed E-state index contributed by atoms with van der Waals surface area (Å²) in [7, 11) is 1.61. The lowest BCUT2D eigenvalue weighted by atomic mass is 9.88. The largest absolute Gasteiger partial charge is 0.464 e. The number of hydrogen-bond acceptors (Lipinski definition) is 6. The number of methoxy groups -OCH3 is 1. The molecule has 1 aromatic carbocycles. The van der Waals surface area contributed by atoms with E-state index in [2.05, 4.69) is 0 Å². The Bertz CT molecular complexity index is 981. The zero-order chi connectivity index (χ0) is 23.9. The highest BCUT2D eigenvalue weighted by Gasteiger charge is 2.29. The molecule has 1 fully saturated rings. The first-order valence-electron chi connectivity index (χ1n) is 12.0. The van der Waals surface area contributed by atoms with E-state index in [9.17, 15) is 9.59 Å². The van der Waals surface area contributed by atoms with Gasteiger partial charge in [0.15, 0.2) is 11.5 Å². The van der Waals surface area contributed by atoms with Crippen molar-refractivity contribution < 1.29 is 28.2 Å². The van der Waals surface area contributed by atoms with Crippen molar-refractivity contribution in [3.8, 4) is 11.5 Å². The Hall–Kier alpha value is -3.00. The fourth-order valence-electron chi connectivity index (χ4n) is 4.59. The minimum atomic E-state index is -0.132. The molecule has 2 heterocycles. The van der Waals surface area contributed by atoms with Crippen LogP contribution in [-0.4, -0.2) is 55.2 Å². The molecule has 0 bridgehead atoms. The standard InChI is InChI=1S/C26H34N2O6/c1-19-8-10-22(34-19)16-28(15-20-9-11-23-24(14-20)33-18-32-23)25(29)17-27(12-13-31-2)26(30)21-6-4-3-5-7-21/h8-11,14,21H,3-7,12-13,15-18H2,1-2H3. The van der Waals surface area contributed by atoms with Crippen LogP contribution in [0.1, 0.15) is 49.2 Å². The van der Waals surface area contributed by atoms with Crippen molar-refractivity contribution in [2.75, 3.05) is 33.6 Å². The van der Waals surface area contributed by atoms with Gasteiger partial charge in [-0.05, 0) is 49.6 Å². The molecule has 0 atom stereocenters. The molecule has 1 aromatic heterocycles. The lowest BCUT2D eigenvalue weighted by molar-refractivity contribution is -0.144. The number of amides is 2. The molecule has 0 unspecified atom stereocenters. The molecule has 2 aliphatic rings. The molecule has 0 N–H and O–H groups in total. The first-order chi connectivity index (χ1) is 16.5. The predicted molar refractivity (Wildman–Crippen MR) is 125 cm³/mol. The maximum absolute atomic E-state index is 13.5. The van der Waals surface area contributed by atoms with E-state index < -0.39 is 0 Å². The molecule has 8 nitrogen and oxygen atoms in total. The third kappa shape index (κ3) is 6.11. The summed E-state index contributed by atoms with van der Waals surface area (Å²) in [5, 5.41) is 0. The van der Waals surface area contributed by atoms with Gasteiger partial charge in [0.2, 0.25) is 18.6 Å². The van der Waals surface area contributed by atoms with Crippen LogP contribution in [0.25, 0.3) is 0 Å². The molecular formula is C26H34N2O6. The van der Waals surface area contributed by atoms with Crippen LogP contribution in [0.15, 0.2) is 34.7 Å². The van der Waals surface area contributed by atoms with Crippen LogP contribution in [0, 0.1) is 12.8 Å². The summed E-state index contributed by atoms with van der Waals surface area (Å²) >= 11 is 0. The van der Waals surface area contributed by atoms with E-state index in [0.29, 0.717) is 43.5 Å². The van der Waals surface area contributed by atoms with Gasteiger partial charge in [-0.15, -0.1) is 0 Å². The number of hydrogen-bond donors (Lipinski definition) is 0. The Morgan fingerprint density at radius 2 is 1.79 bits per heavy atom. The summed E-state index contributed by atoms with van der Waals surface area (Å²) in [6.45, 7) is 3.57. The van der Waals surface area contributed by atoms with Gasteiger partial charge in [-0.25, -0.2) is 0 Å². The van der Waals surface area contributed by atoms with Gasteiger partial charge >= 0.3 is 0 Å². The molecule has 34 heavy (non-hydrogen) atoms. The van der Waals surface area contributed by atoms with E-state index in [4.69, 9.17) is 18.6 Å². The second-order valence-electron chi connectivity index (χ2n) is 9.04. The minimum Gasteiger partial charge on any atom is -0.464 e. The summed E-state index contributed by atoms with van der Waals surface area (Å²) in [6, 6.07) is 9.44. The zero-order valence-electron chi connectivity index (χ0n) is 20.1. The van der Waals surface area contributed by atoms with Crippen molar-refractivity contribution in [1.82, 2.24) is 9.80 Å². The molecule has 184 valence electrons. The summed E-state index contributed by atoms with van der Waals surface area (Å²) in [5.41, 5.74) is 0.919. The number of ether oxygens (including phenoxy) is 3. The summed E-state index contributed by atoms with van der Waals surface area (Å²) in [4.78, 5) is 30.2. The van der Waals surface area contributed by atoms with Crippen LogP contribution < -0.4 is 9.47 Å². The molecule has 0 spiro atoms. The van der Waals surface area contributed by atoms with Crippen LogP contribution >= 0.6 is 0 Å². The number of furan rings is 1. The lowest BCUT2D eigenvalue weighted by Crippen LogP contribution is -2.46. The van der Waals surface area contributed by atoms with Gasteiger partial charge in [0.05, 0.1) is 19.7 Å². The van der Waals surface area contributed by atoms with Crippen molar-refractivity contribution in [3.05, 3.63) is 47.4 Å². The molecule has 0 saturated heterocycles. The molecule has 1 aliphatic heterocycles. The molecule has 2 aromatic rings. The SMILES string of the molecule is COCCN(CC(=O)N(Cc1ccc2c(c1)OCO2)Cc1ccc(C)o1)C(=O)C1CCCCC1. The highest BCUT2D eigenvalue weighted by atomic mass is 16.7. The van der Waals surface area contributed by atoms with Gasteiger partial charge in [-0.2, -0.15) is 0 Å². The fourth-order valence-corrected chi connectivity index (χ4v) is 4.59. The molecular weight excluding hydrogens is 436 g/mol. The van der Waals surface area contributed by atoms with Crippen LogP contribution in [0.5, 0.6) is 11.5 Å². The van der Waals surface area contributed by atoms with Crippen molar-refractivity contribution in [3.63, 3.8) is 0 Å². The Morgan fingerprint density at radius 1 is 1.00 bits per heavy atom. The fraction of sp³-hybridized carbons (Fsp3) is 0.538. The smallest absolute Gasteiger partial charge is 0.242 e. The van der Waals surface area contributed by atoms with Gasteiger partial charge in [-0.3, -0.25) is 9.59 Å². The second kappa shape index (κ2) is 11.4. The number of aryl methyl sites for hydroxylation is 1. The first-order valence-corrected chi connectivity index (χ1v) is 12.0. The van der Waals surface area contributed by atoms with E-state index in [0.717, 1.165) is 37.0 Å². The van der Waals surface area contributed by atoms with Crippen molar-refractivity contribution in [2.24, 2.45) is 5.92 Å². The number of carbonyl (C=O) groups is 2. The maximum atomic E-state index is 13.5. The predicted octanol–water partition coefficient (Wildman–Crippen LogP) is 3.90. The number of carbonyl (C=O) groups excluding carboxylic acids is 2. The van der Waals surface area contributed by atoms with Crippen molar-refractivity contribution >= 4 is 11.8 Å². The second-order valence-corrected chi connectivity index (χ2v) is 9.04. The third-order valence-corrected chi connectivity index (χ3v) is 6.46. The van der Waals surface area contributed by atoms with Crippen molar-refractivity contribution in [1.29, 1.82) is 0 Å². The first kappa shape index (κ1) is 24.1. The number of benzene rings is 1. The highest BCUT2D eigenvalue weighted by Crippen LogP contribution is 2.33. The Balaban J connectivity index is 1.50. The van der Waals surface area contributed by atoms with Crippen LogP contribution in [0.3, 0.4) is 0 Å². The van der Waals surface area contributed by atoms with E-state index in [1.54, 1.807) is 16.9 Å². The highest BCUT2D eigenvalue weighted by molar-refractivity contribution is 5.86. The number of nitrogens with zero attached hydrogens (tertiary/aromatic N) is 2. The number of rotatable bonds is 10. The van der Waals surface area contributed by atoms with Gasteiger partial charge in [0.25, 0.3) is 0 Å². The third-order valence-electron chi connectivity index (χ3n) is 6.46. The topological polar surface area (TPSA) is 81.5 Å². The Morgan fingerprint density at radius 3 is 2.53 bits per heavy atom. The van der Waals surface area contributed by atoms with Gasteiger partial charge < -0.3 is 28.4 Å². The molecule has 1 saturated carbocycles. The maximum Gasteiger partial charge on any atom is 0.242 e. The van der Waals surface area contributed by atoms with E-state index in [-0.39, 0.29) is 31.1 Å². The number of fused-ring (bicyclic) bond motifs is 1. The van der Waals surface area contributed by atoms with Gasteiger partial charge in [0, 0.05) is 26.1 Å². The van der Waals surface area contributed by atoms with Gasteiger partial charge in [-0.1, -0.05) is 25.3 Å². The van der Waals surface area contributed by atoms with E-state index in [1.807, 2.05) is 37.3 Å².